The van der Waals surface area contributed by atoms with Crippen LogP contribution in [0.15, 0.2) is 0 Å². The first-order chi connectivity index (χ1) is 4.06. The summed E-state index contributed by atoms with van der Waals surface area (Å²) in [5.41, 5.74) is 3.54. The number of nitrogens with two attached hydrogens (primary N) is 1. The van der Waals surface area contributed by atoms with E-state index in [4.69, 9.17) is 5.73 Å². The Hall–Kier alpha value is -0.220. The topological polar surface area (TPSA) is 35.2 Å². The van der Waals surface area contributed by atoms with Crippen LogP contribution in [-0.2, 0) is 4.74 Å². The van der Waals surface area contributed by atoms with Gasteiger partial charge in [0.15, 0.2) is 0 Å². The Morgan fingerprint density at radius 1 is 1.67 bits per heavy atom. The smallest absolute Gasteiger partial charge is 0.268 e. The molecule has 0 saturated heterocycles. The van der Waals surface area contributed by atoms with E-state index in [2.05, 4.69) is 4.74 Å². The highest BCUT2D eigenvalue weighted by molar-refractivity contribution is 4.77. The summed E-state index contributed by atoms with van der Waals surface area (Å²) in [5.74, 6) is 0. The summed E-state index contributed by atoms with van der Waals surface area (Å²) in [6.45, 7) is 1.11. The highest BCUT2D eigenvalue weighted by atomic mass is 19.3. The van der Waals surface area contributed by atoms with Crippen LogP contribution in [0.25, 0.3) is 0 Å². The van der Waals surface area contributed by atoms with Gasteiger partial charge in [0.25, 0.3) is 6.43 Å². The molecule has 0 heterocycles. The molecule has 0 aromatic rings. The average molecular weight is 139 g/mol. The van der Waals surface area contributed by atoms with Gasteiger partial charge in [0, 0.05) is 13.7 Å². The molecule has 0 aliphatic heterocycles. The molecule has 0 radical (unpaired) electrons. The van der Waals surface area contributed by atoms with E-state index in [1.807, 2.05) is 0 Å². The maximum atomic E-state index is 11.9. The van der Waals surface area contributed by atoms with Crippen LogP contribution < -0.4 is 5.73 Å². The molecule has 0 aliphatic rings. The first-order valence-electron chi connectivity index (χ1n) is 2.60. The van der Waals surface area contributed by atoms with Crippen LogP contribution in [0.3, 0.4) is 0 Å². The molecule has 9 heavy (non-hydrogen) atoms. The van der Waals surface area contributed by atoms with Crippen molar-refractivity contribution in [2.45, 2.75) is 19.0 Å². The first kappa shape index (κ1) is 8.78. The van der Waals surface area contributed by atoms with Gasteiger partial charge in [0.2, 0.25) is 0 Å². The molecule has 0 amide bonds. The number of methoxy groups -OCH3 is 1. The summed E-state index contributed by atoms with van der Waals surface area (Å²) in [6, 6.07) is 0. The molecule has 4 heteroatoms. The average Bonchev–Trinajstić information content (AvgIpc) is 1.86. The van der Waals surface area contributed by atoms with Gasteiger partial charge in [-0.05, 0) is 6.92 Å². The van der Waals surface area contributed by atoms with E-state index in [1.54, 1.807) is 0 Å². The number of ether oxygens (including phenoxy) is 1. The standard InChI is InChI=1S/C5H11F2NO/c1-5(3-8,9-2)4(6)7/h4H,3,8H2,1-2H3. The van der Waals surface area contributed by atoms with Crippen molar-refractivity contribution in [2.24, 2.45) is 5.73 Å². The monoisotopic (exact) mass is 139 g/mol. The van der Waals surface area contributed by atoms with Crippen LogP contribution in [0.5, 0.6) is 0 Å². The molecule has 1 atom stereocenters. The van der Waals surface area contributed by atoms with E-state index in [0.717, 1.165) is 0 Å². The second-order valence-electron chi connectivity index (χ2n) is 2.02. The molecule has 0 bridgehead atoms. The number of rotatable bonds is 3. The van der Waals surface area contributed by atoms with Crippen molar-refractivity contribution >= 4 is 0 Å². The minimum atomic E-state index is -2.52. The third-order valence-corrected chi connectivity index (χ3v) is 1.33. The SMILES string of the molecule is COC(C)(CN)C(F)F. The Balaban J connectivity index is 3.92. The third kappa shape index (κ3) is 1.87. The van der Waals surface area contributed by atoms with Crippen molar-refractivity contribution in [3.05, 3.63) is 0 Å². The molecule has 2 nitrogen and oxygen atoms in total. The summed E-state index contributed by atoms with van der Waals surface area (Å²) in [6.07, 6.45) is -2.52. The second-order valence-corrected chi connectivity index (χ2v) is 2.02. The van der Waals surface area contributed by atoms with Crippen LogP contribution in [0.4, 0.5) is 8.78 Å². The maximum absolute atomic E-state index is 11.9. The molecule has 2 N–H and O–H groups in total. The van der Waals surface area contributed by atoms with Gasteiger partial charge in [-0.3, -0.25) is 0 Å². The minimum absolute atomic E-state index is 0.166. The second kappa shape index (κ2) is 3.08. The highest BCUT2D eigenvalue weighted by Gasteiger charge is 2.32. The Morgan fingerprint density at radius 2 is 2.11 bits per heavy atom. The summed E-state index contributed by atoms with van der Waals surface area (Å²) in [4.78, 5) is 0. The lowest BCUT2D eigenvalue weighted by molar-refractivity contribution is -0.102. The van der Waals surface area contributed by atoms with Gasteiger partial charge in [-0.15, -0.1) is 0 Å². The van der Waals surface area contributed by atoms with Crippen LogP contribution >= 0.6 is 0 Å². The number of hydrogen-bond acceptors (Lipinski definition) is 2. The molecular weight excluding hydrogens is 128 g/mol. The van der Waals surface area contributed by atoms with E-state index >= 15 is 0 Å². The Kier molecular flexibility index (Phi) is 3.00. The fraction of sp³-hybridized carbons (Fsp3) is 1.00. The van der Waals surface area contributed by atoms with Crippen molar-refractivity contribution < 1.29 is 13.5 Å². The molecule has 0 aromatic heterocycles. The zero-order valence-electron chi connectivity index (χ0n) is 5.53. The summed E-state index contributed by atoms with van der Waals surface area (Å²) in [5, 5.41) is 0. The zero-order valence-corrected chi connectivity index (χ0v) is 5.53. The maximum Gasteiger partial charge on any atom is 0.268 e. The predicted octanol–water partition coefficient (Wildman–Crippen LogP) is 0.615. The van der Waals surface area contributed by atoms with Gasteiger partial charge in [-0.1, -0.05) is 0 Å². The number of halogens is 2. The highest BCUT2D eigenvalue weighted by Crippen LogP contribution is 2.16. The van der Waals surface area contributed by atoms with Crippen LogP contribution in [0.1, 0.15) is 6.92 Å². The fourth-order valence-electron chi connectivity index (χ4n) is 0.262. The largest absolute Gasteiger partial charge is 0.371 e. The van der Waals surface area contributed by atoms with Gasteiger partial charge in [-0.25, -0.2) is 8.78 Å². The molecule has 0 spiro atoms. The van der Waals surface area contributed by atoms with E-state index < -0.39 is 12.0 Å². The molecular formula is C5H11F2NO. The quantitative estimate of drug-likeness (QED) is 0.622. The number of alkyl halides is 2. The van der Waals surface area contributed by atoms with Crippen molar-refractivity contribution in [1.82, 2.24) is 0 Å². The molecule has 0 fully saturated rings. The predicted molar refractivity (Wildman–Crippen MR) is 30.5 cm³/mol. The molecule has 0 aromatic carbocycles. The van der Waals surface area contributed by atoms with Gasteiger partial charge in [0.1, 0.15) is 5.60 Å². The lowest BCUT2D eigenvalue weighted by Crippen LogP contribution is -2.43. The third-order valence-electron chi connectivity index (χ3n) is 1.33. The normalized spacial score (nSPS) is 18.0. The fourth-order valence-corrected chi connectivity index (χ4v) is 0.262. The summed E-state index contributed by atoms with van der Waals surface area (Å²) >= 11 is 0. The first-order valence-corrected chi connectivity index (χ1v) is 2.60. The molecule has 0 saturated carbocycles. The van der Waals surface area contributed by atoms with Gasteiger partial charge < -0.3 is 10.5 Å². The minimum Gasteiger partial charge on any atom is -0.371 e. The van der Waals surface area contributed by atoms with Crippen molar-refractivity contribution in [1.29, 1.82) is 0 Å². The van der Waals surface area contributed by atoms with Crippen LogP contribution in [-0.4, -0.2) is 25.7 Å². The van der Waals surface area contributed by atoms with Crippen molar-refractivity contribution in [3.63, 3.8) is 0 Å². The summed E-state index contributed by atoms with van der Waals surface area (Å²) in [7, 11) is 1.22. The number of hydrogen-bond donors (Lipinski definition) is 1. The van der Waals surface area contributed by atoms with E-state index in [-0.39, 0.29) is 6.54 Å². The Bertz CT molecular complexity index is 83.0. The lowest BCUT2D eigenvalue weighted by Gasteiger charge is -2.24. The van der Waals surface area contributed by atoms with E-state index in [9.17, 15) is 8.78 Å². The zero-order chi connectivity index (χ0) is 7.49. The van der Waals surface area contributed by atoms with Crippen LogP contribution in [0, 0.1) is 0 Å². The van der Waals surface area contributed by atoms with Crippen molar-refractivity contribution in [2.75, 3.05) is 13.7 Å². The van der Waals surface area contributed by atoms with Gasteiger partial charge >= 0.3 is 0 Å². The van der Waals surface area contributed by atoms with Gasteiger partial charge in [-0.2, -0.15) is 0 Å². The van der Waals surface area contributed by atoms with E-state index in [0.29, 0.717) is 0 Å². The molecule has 56 valence electrons. The Morgan fingerprint density at radius 3 is 2.11 bits per heavy atom. The molecule has 0 rings (SSSR count). The van der Waals surface area contributed by atoms with Gasteiger partial charge in [0.05, 0.1) is 0 Å². The molecule has 1 unspecified atom stereocenters. The Labute approximate surface area is 53.0 Å². The van der Waals surface area contributed by atoms with E-state index in [1.165, 1.54) is 14.0 Å². The lowest BCUT2D eigenvalue weighted by atomic mass is 10.1. The van der Waals surface area contributed by atoms with Crippen molar-refractivity contribution in [3.8, 4) is 0 Å². The summed E-state index contributed by atoms with van der Waals surface area (Å²) < 4.78 is 28.2. The van der Waals surface area contributed by atoms with Crippen LogP contribution in [0.2, 0.25) is 0 Å². The molecule has 0 aliphatic carbocycles.